The van der Waals surface area contributed by atoms with Crippen LogP contribution in [0.2, 0.25) is 0 Å². The lowest BCUT2D eigenvalue weighted by Crippen LogP contribution is -2.27. The number of hydrogen-bond donors (Lipinski definition) is 0. The molecule has 0 spiro atoms. The molecule has 2 aromatic rings. The maximum absolute atomic E-state index is 13.3. The van der Waals surface area contributed by atoms with E-state index in [2.05, 4.69) is 0 Å². The first-order valence-electron chi connectivity index (χ1n) is 5.79. The molecule has 3 nitrogen and oxygen atoms in total. The molecule has 96 valence electrons. The van der Waals surface area contributed by atoms with Crippen molar-refractivity contribution in [3.63, 3.8) is 0 Å². The molecular formula is C14H16FNO2. The van der Waals surface area contributed by atoms with Crippen LogP contribution in [0, 0.1) is 12.7 Å². The zero-order valence-corrected chi connectivity index (χ0v) is 11.0. The summed E-state index contributed by atoms with van der Waals surface area (Å²) in [6.07, 6.45) is -0.486. The quantitative estimate of drug-likeness (QED) is 0.709. The summed E-state index contributed by atoms with van der Waals surface area (Å²) >= 11 is 0. The van der Waals surface area contributed by atoms with E-state index in [4.69, 9.17) is 4.74 Å². The standard InChI is InChI=1S/C14H16FNO2/c1-9-7-10-5-6-11(15)8-12(10)16(9)13(17)18-14(2,3)4/h5-8H,1-4H3. The lowest BCUT2D eigenvalue weighted by atomic mass is 10.2. The maximum Gasteiger partial charge on any atom is 0.419 e. The van der Waals surface area contributed by atoms with Gasteiger partial charge in [-0.15, -0.1) is 0 Å². The van der Waals surface area contributed by atoms with Crippen molar-refractivity contribution in [2.24, 2.45) is 0 Å². The van der Waals surface area contributed by atoms with E-state index in [9.17, 15) is 9.18 Å². The van der Waals surface area contributed by atoms with Gasteiger partial charge in [0.2, 0.25) is 0 Å². The van der Waals surface area contributed by atoms with Gasteiger partial charge in [-0.05, 0) is 52.0 Å². The van der Waals surface area contributed by atoms with Gasteiger partial charge in [-0.2, -0.15) is 0 Å². The zero-order chi connectivity index (χ0) is 13.5. The zero-order valence-electron chi connectivity index (χ0n) is 11.0. The highest BCUT2D eigenvalue weighted by Gasteiger charge is 2.20. The van der Waals surface area contributed by atoms with Gasteiger partial charge in [0.25, 0.3) is 0 Å². The summed E-state index contributed by atoms with van der Waals surface area (Å²) in [5.41, 5.74) is 0.680. The maximum atomic E-state index is 13.3. The Kier molecular flexibility index (Phi) is 2.89. The van der Waals surface area contributed by atoms with Gasteiger partial charge in [0.15, 0.2) is 0 Å². The molecule has 0 aliphatic rings. The molecule has 0 atom stereocenters. The second-order valence-corrected chi connectivity index (χ2v) is 5.30. The van der Waals surface area contributed by atoms with Gasteiger partial charge in [0.05, 0.1) is 5.52 Å². The molecular weight excluding hydrogens is 233 g/mol. The van der Waals surface area contributed by atoms with Crippen molar-refractivity contribution in [2.45, 2.75) is 33.3 Å². The summed E-state index contributed by atoms with van der Waals surface area (Å²) in [4.78, 5) is 12.1. The van der Waals surface area contributed by atoms with Crippen molar-refractivity contribution in [3.8, 4) is 0 Å². The number of halogens is 1. The molecule has 0 fully saturated rings. The highest BCUT2D eigenvalue weighted by Crippen LogP contribution is 2.22. The summed E-state index contributed by atoms with van der Waals surface area (Å²) < 4.78 is 20.0. The fraction of sp³-hybridized carbons (Fsp3) is 0.357. The van der Waals surface area contributed by atoms with Gasteiger partial charge >= 0.3 is 6.09 Å². The smallest absolute Gasteiger partial charge is 0.419 e. The van der Waals surface area contributed by atoms with E-state index in [0.29, 0.717) is 5.52 Å². The van der Waals surface area contributed by atoms with Crippen LogP contribution in [-0.4, -0.2) is 16.3 Å². The number of aromatic nitrogens is 1. The fourth-order valence-corrected chi connectivity index (χ4v) is 1.86. The van der Waals surface area contributed by atoms with Gasteiger partial charge in [0.1, 0.15) is 11.4 Å². The molecule has 1 heterocycles. The molecule has 0 saturated heterocycles. The van der Waals surface area contributed by atoms with Crippen LogP contribution in [0.25, 0.3) is 10.9 Å². The van der Waals surface area contributed by atoms with Crippen LogP contribution < -0.4 is 0 Å². The first-order valence-corrected chi connectivity index (χ1v) is 5.79. The molecule has 0 unspecified atom stereocenters. The van der Waals surface area contributed by atoms with Crippen molar-refractivity contribution in [1.82, 2.24) is 4.57 Å². The Morgan fingerprint density at radius 3 is 2.56 bits per heavy atom. The van der Waals surface area contributed by atoms with E-state index >= 15 is 0 Å². The van der Waals surface area contributed by atoms with Gasteiger partial charge in [-0.25, -0.2) is 13.8 Å². The van der Waals surface area contributed by atoms with Crippen molar-refractivity contribution in [2.75, 3.05) is 0 Å². The highest BCUT2D eigenvalue weighted by molar-refractivity contribution is 5.90. The second kappa shape index (κ2) is 4.12. The Morgan fingerprint density at radius 2 is 1.94 bits per heavy atom. The third-order valence-electron chi connectivity index (χ3n) is 2.53. The molecule has 0 amide bonds. The summed E-state index contributed by atoms with van der Waals surface area (Å²) in [5.74, 6) is -0.370. The van der Waals surface area contributed by atoms with Crippen LogP contribution in [0.3, 0.4) is 0 Å². The monoisotopic (exact) mass is 249 g/mol. The van der Waals surface area contributed by atoms with E-state index < -0.39 is 11.7 Å². The van der Waals surface area contributed by atoms with Crippen molar-refractivity contribution in [1.29, 1.82) is 0 Å². The normalized spacial score (nSPS) is 11.8. The second-order valence-electron chi connectivity index (χ2n) is 5.30. The third-order valence-corrected chi connectivity index (χ3v) is 2.53. The number of rotatable bonds is 0. The minimum absolute atomic E-state index is 0.370. The van der Waals surface area contributed by atoms with E-state index in [-0.39, 0.29) is 5.82 Å². The van der Waals surface area contributed by atoms with E-state index in [1.165, 1.54) is 16.7 Å². The number of aryl methyl sites for hydroxylation is 1. The summed E-state index contributed by atoms with van der Waals surface area (Å²) in [7, 11) is 0. The van der Waals surface area contributed by atoms with Gasteiger partial charge in [-0.3, -0.25) is 0 Å². The molecule has 0 bridgehead atoms. The molecule has 2 rings (SSSR count). The Morgan fingerprint density at radius 1 is 1.28 bits per heavy atom. The molecule has 4 heteroatoms. The van der Waals surface area contributed by atoms with Crippen LogP contribution in [0.1, 0.15) is 26.5 Å². The van der Waals surface area contributed by atoms with Crippen LogP contribution in [0.4, 0.5) is 9.18 Å². The molecule has 18 heavy (non-hydrogen) atoms. The highest BCUT2D eigenvalue weighted by atomic mass is 19.1. The summed E-state index contributed by atoms with van der Waals surface area (Å²) in [6.45, 7) is 7.19. The Bertz CT molecular complexity index is 608. The summed E-state index contributed by atoms with van der Waals surface area (Å²) in [5, 5.41) is 0.819. The molecule has 0 aliphatic carbocycles. The lowest BCUT2D eigenvalue weighted by Gasteiger charge is -2.20. The van der Waals surface area contributed by atoms with Crippen molar-refractivity contribution in [3.05, 3.63) is 35.8 Å². The molecule has 0 radical (unpaired) electrons. The number of carbonyl (C=O) groups excluding carboxylic acids is 1. The minimum atomic E-state index is -0.576. The van der Waals surface area contributed by atoms with Crippen molar-refractivity contribution < 1.29 is 13.9 Å². The molecule has 0 N–H and O–H groups in total. The lowest BCUT2D eigenvalue weighted by molar-refractivity contribution is 0.0541. The average Bonchev–Trinajstić information content (AvgIpc) is 2.50. The van der Waals surface area contributed by atoms with E-state index in [1.54, 1.807) is 33.8 Å². The fourth-order valence-electron chi connectivity index (χ4n) is 1.86. The number of fused-ring (bicyclic) bond motifs is 1. The third kappa shape index (κ3) is 2.37. The Labute approximate surface area is 105 Å². The van der Waals surface area contributed by atoms with Crippen molar-refractivity contribution >= 4 is 17.0 Å². The van der Waals surface area contributed by atoms with Crippen LogP contribution in [0.5, 0.6) is 0 Å². The van der Waals surface area contributed by atoms with Gasteiger partial charge in [0, 0.05) is 11.1 Å². The number of nitrogens with zero attached hydrogens (tertiary/aromatic N) is 1. The molecule has 0 saturated carbocycles. The predicted octanol–water partition coefficient (Wildman–Crippen LogP) is 3.87. The Hall–Kier alpha value is -1.84. The first kappa shape index (κ1) is 12.6. The SMILES string of the molecule is Cc1cc2ccc(F)cc2n1C(=O)OC(C)(C)C. The van der Waals surface area contributed by atoms with E-state index in [1.807, 2.05) is 6.07 Å². The predicted molar refractivity (Wildman–Crippen MR) is 68.3 cm³/mol. The minimum Gasteiger partial charge on any atom is -0.443 e. The summed E-state index contributed by atoms with van der Waals surface area (Å²) in [6, 6.07) is 6.20. The molecule has 1 aromatic heterocycles. The van der Waals surface area contributed by atoms with Crippen LogP contribution in [0.15, 0.2) is 24.3 Å². The molecule has 0 aliphatic heterocycles. The van der Waals surface area contributed by atoms with E-state index in [0.717, 1.165) is 11.1 Å². The number of carbonyl (C=O) groups is 1. The van der Waals surface area contributed by atoms with Gasteiger partial charge in [-0.1, -0.05) is 0 Å². The topological polar surface area (TPSA) is 31.2 Å². The first-order chi connectivity index (χ1) is 8.28. The van der Waals surface area contributed by atoms with Gasteiger partial charge < -0.3 is 4.74 Å². The largest absolute Gasteiger partial charge is 0.443 e. The number of hydrogen-bond acceptors (Lipinski definition) is 2. The average molecular weight is 249 g/mol. The molecule has 1 aromatic carbocycles. The number of ether oxygens (including phenoxy) is 1. The van der Waals surface area contributed by atoms with Crippen LogP contribution in [-0.2, 0) is 4.74 Å². The number of benzene rings is 1. The van der Waals surface area contributed by atoms with Crippen LogP contribution >= 0.6 is 0 Å². The Balaban J connectivity index is 2.53.